The van der Waals surface area contributed by atoms with Crippen LogP contribution in [0.4, 0.5) is 0 Å². The van der Waals surface area contributed by atoms with E-state index >= 15 is 0 Å². The Balaban J connectivity index is 1.80. The van der Waals surface area contributed by atoms with Crippen LogP contribution in [0.15, 0.2) is 12.2 Å². The number of epoxide rings is 1. The molecule has 1 heterocycles. The Hall–Kier alpha value is -0.630. The maximum atomic E-state index is 10.0. The highest BCUT2D eigenvalue weighted by molar-refractivity contribution is 5.50. The Morgan fingerprint density at radius 2 is 1.75 bits per heavy atom. The van der Waals surface area contributed by atoms with Crippen molar-refractivity contribution >= 4 is 6.29 Å². The van der Waals surface area contributed by atoms with Gasteiger partial charge in [0.2, 0.25) is 0 Å². The molecular formula is C18H31O2. The molecule has 1 saturated heterocycles. The van der Waals surface area contributed by atoms with Crippen molar-refractivity contribution in [1.29, 1.82) is 0 Å². The number of allylic oxidation sites excluding steroid dienone is 1. The van der Waals surface area contributed by atoms with Gasteiger partial charge in [0.25, 0.3) is 0 Å². The number of hydrogen-bond acceptors (Lipinski definition) is 2. The number of ether oxygens (including phenoxy) is 1. The molecule has 0 spiro atoms. The second-order valence-electron chi connectivity index (χ2n) is 5.87. The maximum absolute atomic E-state index is 10.0. The molecule has 0 aromatic rings. The maximum Gasteiger partial charge on any atom is 0.198 e. The first-order valence-corrected chi connectivity index (χ1v) is 8.54. The van der Waals surface area contributed by atoms with E-state index in [-0.39, 0.29) is 0 Å². The van der Waals surface area contributed by atoms with E-state index in [9.17, 15) is 4.79 Å². The predicted octanol–water partition coefficient (Wildman–Crippen LogP) is 5.12. The molecule has 0 bridgehead atoms. The first-order chi connectivity index (χ1) is 9.88. The van der Waals surface area contributed by atoms with Crippen molar-refractivity contribution in [2.45, 2.75) is 96.2 Å². The van der Waals surface area contributed by atoms with E-state index in [0.717, 1.165) is 12.8 Å². The van der Waals surface area contributed by atoms with Crippen LogP contribution in [0, 0.1) is 0 Å². The second kappa shape index (κ2) is 12.1. The van der Waals surface area contributed by atoms with Crippen LogP contribution in [0.1, 0.15) is 84.0 Å². The summed E-state index contributed by atoms with van der Waals surface area (Å²) in [5, 5.41) is 0. The summed E-state index contributed by atoms with van der Waals surface area (Å²) >= 11 is 0. The largest absolute Gasteiger partial charge is 0.369 e. The van der Waals surface area contributed by atoms with Crippen molar-refractivity contribution < 1.29 is 9.53 Å². The lowest BCUT2D eigenvalue weighted by Gasteiger charge is -1.97. The predicted molar refractivity (Wildman–Crippen MR) is 84.6 cm³/mol. The van der Waals surface area contributed by atoms with E-state index in [1.54, 1.807) is 0 Å². The number of rotatable bonds is 14. The van der Waals surface area contributed by atoms with Gasteiger partial charge >= 0.3 is 0 Å². The molecule has 0 aliphatic carbocycles. The third kappa shape index (κ3) is 9.30. The van der Waals surface area contributed by atoms with Crippen molar-refractivity contribution in [3.8, 4) is 0 Å². The summed E-state index contributed by atoms with van der Waals surface area (Å²) in [5.41, 5.74) is 0. The minimum Gasteiger partial charge on any atom is -0.369 e. The molecule has 1 rings (SSSR count). The molecule has 1 radical (unpaired) electrons. The van der Waals surface area contributed by atoms with Gasteiger partial charge in [-0.25, -0.2) is 0 Å². The van der Waals surface area contributed by atoms with Crippen molar-refractivity contribution in [2.24, 2.45) is 0 Å². The lowest BCUT2D eigenvalue weighted by molar-refractivity contribution is 0.359. The zero-order valence-electron chi connectivity index (χ0n) is 13.1. The summed E-state index contributed by atoms with van der Waals surface area (Å²) in [5.74, 6) is 0. The van der Waals surface area contributed by atoms with Crippen LogP contribution in [-0.4, -0.2) is 18.5 Å². The highest BCUT2D eigenvalue weighted by Crippen LogP contribution is 2.30. The Bertz CT molecular complexity index is 260. The molecule has 1 aliphatic heterocycles. The molecule has 1 aliphatic rings. The highest BCUT2D eigenvalue weighted by atomic mass is 16.6. The van der Waals surface area contributed by atoms with E-state index in [2.05, 4.69) is 19.1 Å². The van der Waals surface area contributed by atoms with Gasteiger partial charge in [0.1, 0.15) is 0 Å². The minimum atomic E-state index is 0.516. The summed E-state index contributed by atoms with van der Waals surface area (Å²) in [6, 6.07) is 0. The van der Waals surface area contributed by atoms with Gasteiger partial charge < -0.3 is 4.74 Å². The normalized spacial score (nSPS) is 21.4. The van der Waals surface area contributed by atoms with E-state index in [1.807, 2.05) is 6.29 Å². The zero-order valence-corrected chi connectivity index (χ0v) is 13.1. The summed E-state index contributed by atoms with van der Waals surface area (Å²) in [4.78, 5) is 10.0. The van der Waals surface area contributed by atoms with Crippen molar-refractivity contribution in [2.75, 3.05) is 0 Å². The van der Waals surface area contributed by atoms with Crippen LogP contribution in [0.5, 0.6) is 0 Å². The first-order valence-electron chi connectivity index (χ1n) is 8.54. The fourth-order valence-corrected chi connectivity index (χ4v) is 2.57. The minimum absolute atomic E-state index is 0.516. The third-order valence-electron chi connectivity index (χ3n) is 3.96. The highest BCUT2D eigenvalue weighted by Gasteiger charge is 2.36. The molecule has 1 fully saturated rings. The summed E-state index contributed by atoms with van der Waals surface area (Å²) in [7, 11) is 0. The number of carbonyl (C=O) groups excluding carboxylic acids is 1. The van der Waals surface area contributed by atoms with Crippen LogP contribution in [0.25, 0.3) is 0 Å². The fraction of sp³-hybridized carbons (Fsp3) is 0.833. The monoisotopic (exact) mass is 279 g/mol. The standard InChI is InChI=1S/C18H31O2/c1-2-3-11-14-17-18(20-17)15-12-9-7-5-4-6-8-10-13-16-19/h9,12,17-18H,2-8,10-11,13-15H2,1H3. The lowest BCUT2D eigenvalue weighted by atomic mass is 10.1. The molecule has 0 N–H and O–H groups in total. The molecular weight excluding hydrogens is 248 g/mol. The summed E-state index contributed by atoms with van der Waals surface area (Å²) < 4.78 is 5.66. The average Bonchev–Trinajstić information content (AvgIpc) is 3.20. The molecule has 0 saturated carbocycles. The van der Waals surface area contributed by atoms with Gasteiger partial charge in [0, 0.05) is 6.42 Å². The van der Waals surface area contributed by atoms with Crippen LogP contribution in [0.2, 0.25) is 0 Å². The van der Waals surface area contributed by atoms with Gasteiger partial charge in [0.15, 0.2) is 6.29 Å². The molecule has 0 amide bonds. The zero-order chi connectivity index (χ0) is 14.5. The average molecular weight is 279 g/mol. The topological polar surface area (TPSA) is 29.6 Å². The third-order valence-corrected chi connectivity index (χ3v) is 3.96. The van der Waals surface area contributed by atoms with Gasteiger partial charge in [-0.15, -0.1) is 0 Å². The molecule has 2 atom stereocenters. The van der Waals surface area contributed by atoms with Crippen LogP contribution in [0.3, 0.4) is 0 Å². The van der Waals surface area contributed by atoms with Crippen LogP contribution < -0.4 is 0 Å². The molecule has 2 nitrogen and oxygen atoms in total. The number of unbranched alkanes of at least 4 members (excludes halogenated alkanes) is 8. The van der Waals surface area contributed by atoms with Gasteiger partial charge in [0.05, 0.1) is 12.2 Å². The van der Waals surface area contributed by atoms with Crippen LogP contribution in [-0.2, 0) is 9.53 Å². The Morgan fingerprint density at radius 1 is 0.950 bits per heavy atom. The van der Waals surface area contributed by atoms with Gasteiger partial charge in [-0.2, -0.15) is 0 Å². The van der Waals surface area contributed by atoms with Gasteiger partial charge in [-0.05, 0) is 32.1 Å². The van der Waals surface area contributed by atoms with Crippen LogP contribution >= 0.6 is 0 Å². The Labute approximate surface area is 125 Å². The van der Waals surface area contributed by atoms with Crippen molar-refractivity contribution in [3.05, 3.63) is 12.2 Å². The Morgan fingerprint density at radius 3 is 2.55 bits per heavy atom. The van der Waals surface area contributed by atoms with E-state index < -0.39 is 0 Å². The molecule has 0 aromatic carbocycles. The molecule has 115 valence electrons. The molecule has 20 heavy (non-hydrogen) atoms. The van der Waals surface area contributed by atoms with E-state index in [4.69, 9.17) is 4.74 Å². The van der Waals surface area contributed by atoms with Crippen molar-refractivity contribution in [1.82, 2.24) is 0 Å². The lowest BCUT2D eigenvalue weighted by Crippen LogP contribution is -1.92. The molecule has 2 unspecified atom stereocenters. The van der Waals surface area contributed by atoms with E-state index in [0.29, 0.717) is 18.6 Å². The van der Waals surface area contributed by atoms with Gasteiger partial charge in [-0.1, -0.05) is 57.6 Å². The van der Waals surface area contributed by atoms with E-state index in [1.165, 1.54) is 57.8 Å². The van der Waals surface area contributed by atoms with Gasteiger partial charge in [-0.3, -0.25) is 4.79 Å². The summed E-state index contributed by atoms with van der Waals surface area (Å²) in [6.45, 7) is 2.24. The molecule has 0 aromatic heterocycles. The first kappa shape index (κ1) is 17.4. The number of hydrogen-bond donors (Lipinski definition) is 0. The smallest absolute Gasteiger partial charge is 0.198 e. The van der Waals surface area contributed by atoms with Crippen molar-refractivity contribution in [3.63, 3.8) is 0 Å². The SMILES string of the molecule is CCCCCC1OC1CC=CCCCCCCC[C]=O. The Kier molecular flexibility index (Phi) is 10.6. The molecule has 2 heteroatoms. The fourth-order valence-electron chi connectivity index (χ4n) is 2.57. The quantitative estimate of drug-likeness (QED) is 0.251. The second-order valence-corrected chi connectivity index (χ2v) is 5.87. The summed E-state index contributed by atoms with van der Waals surface area (Å²) in [6.07, 6.45) is 21.7.